The van der Waals surface area contributed by atoms with Gasteiger partial charge in [0, 0.05) is 43.7 Å². The van der Waals surface area contributed by atoms with E-state index in [4.69, 9.17) is 4.74 Å². The van der Waals surface area contributed by atoms with E-state index in [0.717, 1.165) is 67.9 Å². The summed E-state index contributed by atoms with van der Waals surface area (Å²) in [6, 6.07) is 12.0. The summed E-state index contributed by atoms with van der Waals surface area (Å²) in [5.41, 5.74) is 1.76. The van der Waals surface area contributed by atoms with Crippen LogP contribution >= 0.6 is 0 Å². The Balaban J connectivity index is 1.18. The first-order valence-electron chi connectivity index (χ1n) is 12.4. The maximum absolute atomic E-state index is 13.1. The molecule has 0 atom stereocenters. The molecule has 2 heterocycles. The Hall–Kier alpha value is -3.16. The second-order valence-corrected chi connectivity index (χ2v) is 9.56. The maximum atomic E-state index is 13.1. The van der Waals surface area contributed by atoms with E-state index in [1.54, 1.807) is 7.11 Å². The average molecular weight is 464 g/mol. The van der Waals surface area contributed by atoms with Gasteiger partial charge in [0.25, 0.3) is 0 Å². The van der Waals surface area contributed by atoms with Crippen LogP contribution in [0.5, 0.6) is 5.75 Å². The van der Waals surface area contributed by atoms with Crippen molar-refractivity contribution in [1.82, 2.24) is 20.0 Å². The van der Waals surface area contributed by atoms with E-state index in [1.807, 2.05) is 46.2 Å². The number of carbonyl (C=O) groups excluding carboxylic acids is 2. The molecule has 1 aromatic carbocycles. The van der Waals surface area contributed by atoms with Crippen LogP contribution in [0.2, 0.25) is 0 Å². The standard InChI is InChI=1S/C26H33N5O3/c1-34-22-8-3-7-20(17-22)23-11-12-24(28-27-23)29-13-4-14-30(16-15-29)25(32)18-31(21-9-10-21)26(33)19-5-2-6-19/h3,7-8,11-12,17,19,21H,2,4-6,9-10,13-16,18H2,1H3. The molecule has 1 saturated heterocycles. The summed E-state index contributed by atoms with van der Waals surface area (Å²) >= 11 is 0. The number of ether oxygens (including phenoxy) is 1. The molecule has 8 heteroatoms. The van der Waals surface area contributed by atoms with E-state index in [-0.39, 0.29) is 30.3 Å². The Bertz CT molecular complexity index is 1020. The van der Waals surface area contributed by atoms with Crippen molar-refractivity contribution in [3.8, 4) is 17.0 Å². The minimum Gasteiger partial charge on any atom is -0.497 e. The van der Waals surface area contributed by atoms with E-state index in [1.165, 1.54) is 0 Å². The molecule has 0 spiro atoms. The molecule has 0 radical (unpaired) electrons. The number of methoxy groups -OCH3 is 1. The molecule has 34 heavy (non-hydrogen) atoms. The fourth-order valence-electron chi connectivity index (χ4n) is 4.73. The van der Waals surface area contributed by atoms with Crippen molar-refractivity contribution < 1.29 is 14.3 Å². The largest absolute Gasteiger partial charge is 0.497 e. The van der Waals surface area contributed by atoms with E-state index >= 15 is 0 Å². The smallest absolute Gasteiger partial charge is 0.242 e. The molecule has 0 bridgehead atoms. The topological polar surface area (TPSA) is 78.9 Å². The molecule has 1 aliphatic heterocycles. The molecule has 2 saturated carbocycles. The van der Waals surface area contributed by atoms with Gasteiger partial charge in [0.15, 0.2) is 5.82 Å². The number of hydrogen-bond donors (Lipinski definition) is 0. The predicted molar refractivity (Wildman–Crippen MR) is 130 cm³/mol. The molecular weight excluding hydrogens is 430 g/mol. The van der Waals surface area contributed by atoms with Gasteiger partial charge >= 0.3 is 0 Å². The Morgan fingerprint density at radius 3 is 2.53 bits per heavy atom. The van der Waals surface area contributed by atoms with Gasteiger partial charge < -0.3 is 19.4 Å². The Morgan fingerprint density at radius 1 is 1.00 bits per heavy atom. The summed E-state index contributed by atoms with van der Waals surface area (Å²) in [5, 5.41) is 8.89. The molecule has 180 valence electrons. The molecule has 1 aromatic heterocycles. The molecule has 0 N–H and O–H groups in total. The normalized spacial score (nSPS) is 18.7. The Kier molecular flexibility index (Phi) is 6.65. The van der Waals surface area contributed by atoms with Crippen LogP contribution in [-0.2, 0) is 9.59 Å². The molecule has 2 amide bonds. The molecule has 3 aliphatic rings. The predicted octanol–water partition coefficient (Wildman–Crippen LogP) is 2.98. The van der Waals surface area contributed by atoms with Gasteiger partial charge in [-0.15, -0.1) is 10.2 Å². The zero-order chi connectivity index (χ0) is 23.5. The third-order valence-electron chi connectivity index (χ3n) is 7.22. The van der Waals surface area contributed by atoms with E-state index in [0.29, 0.717) is 19.6 Å². The first-order chi connectivity index (χ1) is 16.6. The van der Waals surface area contributed by atoms with Crippen LogP contribution in [0, 0.1) is 5.92 Å². The van der Waals surface area contributed by atoms with Gasteiger partial charge in [-0.1, -0.05) is 18.6 Å². The average Bonchev–Trinajstić information content (AvgIpc) is 3.68. The van der Waals surface area contributed by atoms with Gasteiger partial charge in [0.2, 0.25) is 11.8 Å². The molecule has 0 unspecified atom stereocenters. The number of anilines is 1. The van der Waals surface area contributed by atoms with Gasteiger partial charge in [0.05, 0.1) is 12.8 Å². The summed E-state index contributed by atoms with van der Waals surface area (Å²) in [4.78, 5) is 31.9. The lowest BCUT2D eigenvalue weighted by Crippen LogP contribution is -2.47. The first kappa shape index (κ1) is 22.6. The van der Waals surface area contributed by atoms with Gasteiger partial charge in [-0.25, -0.2) is 0 Å². The van der Waals surface area contributed by atoms with E-state index in [9.17, 15) is 9.59 Å². The quantitative estimate of drug-likeness (QED) is 0.628. The monoisotopic (exact) mass is 463 g/mol. The van der Waals surface area contributed by atoms with Crippen molar-refractivity contribution >= 4 is 17.6 Å². The van der Waals surface area contributed by atoms with Crippen LogP contribution in [0.25, 0.3) is 11.3 Å². The number of nitrogens with zero attached hydrogens (tertiary/aromatic N) is 5. The number of carbonyl (C=O) groups is 2. The van der Waals surface area contributed by atoms with Crippen molar-refractivity contribution in [1.29, 1.82) is 0 Å². The van der Waals surface area contributed by atoms with Gasteiger partial charge in [0.1, 0.15) is 12.3 Å². The number of aromatic nitrogens is 2. The summed E-state index contributed by atoms with van der Waals surface area (Å²) in [6.45, 7) is 3.10. The van der Waals surface area contributed by atoms with Crippen molar-refractivity contribution in [3.05, 3.63) is 36.4 Å². The molecule has 2 aromatic rings. The van der Waals surface area contributed by atoms with Crippen LogP contribution in [0.15, 0.2) is 36.4 Å². The van der Waals surface area contributed by atoms with Crippen molar-refractivity contribution in [2.45, 2.75) is 44.6 Å². The maximum Gasteiger partial charge on any atom is 0.242 e. The van der Waals surface area contributed by atoms with Crippen LogP contribution in [0.1, 0.15) is 38.5 Å². The number of amides is 2. The highest BCUT2D eigenvalue weighted by atomic mass is 16.5. The minimum atomic E-state index is 0.0703. The Morgan fingerprint density at radius 2 is 1.85 bits per heavy atom. The lowest BCUT2D eigenvalue weighted by Gasteiger charge is -2.33. The zero-order valence-electron chi connectivity index (χ0n) is 19.9. The van der Waals surface area contributed by atoms with Gasteiger partial charge in [-0.2, -0.15) is 0 Å². The molecular formula is C26H33N5O3. The lowest BCUT2D eigenvalue weighted by atomic mass is 9.84. The van der Waals surface area contributed by atoms with Crippen LogP contribution < -0.4 is 9.64 Å². The van der Waals surface area contributed by atoms with E-state index in [2.05, 4.69) is 15.1 Å². The van der Waals surface area contributed by atoms with Crippen molar-refractivity contribution in [3.63, 3.8) is 0 Å². The first-order valence-corrected chi connectivity index (χ1v) is 12.4. The number of rotatable bonds is 7. The van der Waals surface area contributed by atoms with Gasteiger partial charge in [-0.3, -0.25) is 9.59 Å². The summed E-state index contributed by atoms with van der Waals surface area (Å²) in [6.07, 6.45) is 6.02. The second kappa shape index (κ2) is 9.99. The van der Waals surface area contributed by atoms with Crippen LogP contribution in [-0.4, -0.2) is 77.7 Å². The highest BCUT2D eigenvalue weighted by Gasteiger charge is 2.39. The highest BCUT2D eigenvalue weighted by Crippen LogP contribution is 2.34. The molecule has 5 rings (SSSR count). The summed E-state index contributed by atoms with van der Waals surface area (Å²) in [7, 11) is 1.65. The zero-order valence-corrected chi connectivity index (χ0v) is 19.9. The molecule has 3 fully saturated rings. The van der Waals surface area contributed by atoms with Gasteiger partial charge in [-0.05, 0) is 56.4 Å². The number of hydrogen-bond acceptors (Lipinski definition) is 6. The highest BCUT2D eigenvalue weighted by molar-refractivity contribution is 5.87. The SMILES string of the molecule is COc1cccc(-c2ccc(N3CCCN(C(=O)CN(C(=O)C4CCC4)C4CC4)CC3)nn2)c1. The minimum absolute atomic E-state index is 0.0703. The van der Waals surface area contributed by atoms with Crippen LogP contribution in [0.3, 0.4) is 0 Å². The number of benzene rings is 1. The second-order valence-electron chi connectivity index (χ2n) is 9.56. The van der Waals surface area contributed by atoms with Crippen molar-refractivity contribution in [2.75, 3.05) is 44.7 Å². The molecule has 2 aliphatic carbocycles. The van der Waals surface area contributed by atoms with Crippen LogP contribution in [0.4, 0.5) is 5.82 Å². The molecule has 8 nitrogen and oxygen atoms in total. The fraction of sp³-hybridized carbons (Fsp3) is 0.538. The van der Waals surface area contributed by atoms with E-state index < -0.39 is 0 Å². The third kappa shape index (κ3) is 5.00. The fourth-order valence-corrected chi connectivity index (χ4v) is 4.73. The summed E-state index contributed by atoms with van der Waals surface area (Å²) < 4.78 is 5.30. The van der Waals surface area contributed by atoms with Crippen molar-refractivity contribution in [2.24, 2.45) is 5.92 Å². The lowest BCUT2D eigenvalue weighted by molar-refractivity contribution is -0.145. The third-order valence-corrected chi connectivity index (χ3v) is 7.22. The Labute approximate surface area is 200 Å². The summed E-state index contributed by atoms with van der Waals surface area (Å²) in [5.74, 6) is 2.02.